The molecule has 1 saturated heterocycles. The van der Waals surface area contributed by atoms with Gasteiger partial charge in [0.15, 0.2) is 11.5 Å². The van der Waals surface area contributed by atoms with Crippen molar-refractivity contribution in [3.63, 3.8) is 0 Å². The van der Waals surface area contributed by atoms with Gasteiger partial charge in [0, 0.05) is 56.6 Å². The minimum atomic E-state index is -3.77. The lowest BCUT2D eigenvalue weighted by Crippen LogP contribution is -2.41. The van der Waals surface area contributed by atoms with Crippen LogP contribution in [0.1, 0.15) is 11.5 Å². The second-order valence-electron chi connectivity index (χ2n) is 9.18. The third-order valence-corrected chi connectivity index (χ3v) is 8.09. The van der Waals surface area contributed by atoms with Crippen molar-refractivity contribution in [3.05, 3.63) is 48.4 Å². The van der Waals surface area contributed by atoms with Gasteiger partial charge in [-0.1, -0.05) is 0 Å². The topological polar surface area (TPSA) is 141 Å². The minimum absolute atomic E-state index is 0.0212. The molecule has 1 unspecified atom stereocenters. The Morgan fingerprint density at radius 2 is 1.95 bits per heavy atom. The van der Waals surface area contributed by atoms with Gasteiger partial charge in [0.05, 0.1) is 36.2 Å². The van der Waals surface area contributed by atoms with E-state index < -0.39 is 15.9 Å². The highest BCUT2D eigenvalue weighted by Crippen LogP contribution is 2.37. The summed E-state index contributed by atoms with van der Waals surface area (Å²) in [5.41, 5.74) is 1.80. The first-order valence-electron chi connectivity index (χ1n) is 12.7. The third kappa shape index (κ3) is 6.45. The number of carbonyl (C=O) groups is 1. The number of carbonyl (C=O) groups excluding carboxylic acids is 1. The van der Waals surface area contributed by atoms with Crippen molar-refractivity contribution in [1.82, 2.24) is 19.6 Å². The van der Waals surface area contributed by atoms with Gasteiger partial charge >= 0.3 is 0 Å². The van der Waals surface area contributed by atoms with Crippen LogP contribution in [0.3, 0.4) is 0 Å². The molecule has 5 rings (SSSR count). The summed E-state index contributed by atoms with van der Waals surface area (Å²) in [5.74, 6) is -0.107. The number of hydrogen-bond acceptors (Lipinski definition) is 10. The normalized spacial score (nSPS) is 17.7. The summed E-state index contributed by atoms with van der Waals surface area (Å²) in [5, 5.41) is 3.56. The van der Waals surface area contributed by atoms with Gasteiger partial charge in [0.1, 0.15) is 19.5 Å². The zero-order chi connectivity index (χ0) is 27.2. The van der Waals surface area contributed by atoms with Crippen LogP contribution in [-0.4, -0.2) is 95.5 Å². The maximum absolute atomic E-state index is 13.0. The smallest absolute Gasteiger partial charge is 0.240 e. The third-order valence-electron chi connectivity index (χ3n) is 6.63. The first kappa shape index (κ1) is 27.2. The Bertz CT molecular complexity index is 1430. The summed E-state index contributed by atoms with van der Waals surface area (Å²) >= 11 is 0. The van der Waals surface area contributed by atoms with Crippen LogP contribution in [-0.2, 0) is 24.3 Å². The van der Waals surface area contributed by atoms with Crippen LogP contribution < -0.4 is 19.5 Å². The number of aromatic nitrogens is 2. The molecule has 1 fully saturated rings. The molecule has 1 amide bonds. The number of hydrogen-bond donors (Lipinski definition) is 2. The molecule has 1 atom stereocenters. The van der Waals surface area contributed by atoms with Crippen LogP contribution in [0.5, 0.6) is 11.5 Å². The van der Waals surface area contributed by atoms with E-state index >= 15 is 0 Å². The van der Waals surface area contributed by atoms with Gasteiger partial charge in [-0.05, 0) is 29.8 Å². The van der Waals surface area contributed by atoms with E-state index in [-0.39, 0.29) is 24.0 Å². The molecule has 12 nitrogen and oxygen atoms in total. The average Bonchev–Trinajstić information content (AvgIpc) is 3.26. The maximum atomic E-state index is 13.0. The Kier molecular flexibility index (Phi) is 8.53. The molecular weight excluding hydrogens is 526 g/mol. The zero-order valence-corrected chi connectivity index (χ0v) is 22.4. The maximum Gasteiger partial charge on any atom is 0.240 e. The molecular formula is C26H31N5O7S. The fourth-order valence-electron chi connectivity index (χ4n) is 4.51. The van der Waals surface area contributed by atoms with Crippen molar-refractivity contribution in [1.29, 1.82) is 0 Å². The lowest BCUT2D eigenvalue weighted by atomic mass is 10.0. The number of fused-ring (bicyclic) bond motifs is 2. The monoisotopic (exact) mass is 557 g/mol. The lowest BCUT2D eigenvalue weighted by molar-refractivity contribution is -0.117. The van der Waals surface area contributed by atoms with Crippen LogP contribution in [0, 0.1) is 0 Å². The van der Waals surface area contributed by atoms with E-state index in [0.717, 1.165) is 18.5 Å². The average molecular weight is 558 g/mol. The van der Waals surface area contributed by atoms with Crippen LogP contribution >= 0.6 is 0 Å². The Hall–Kier alpha value is -3.36. The highest BCUT2D eigenvalue weighted by Gasteiger charge is 2.33. The molecule has 13 heteroatoms. The van der Waals surface area contributed by atoms with Crippen molar-refractivity contribution in [2.45, 2.75) is 10.8 Å². The molecule has 39 heavy (non-hydrogen) atoms. The molecule has 208 valence electrons. The largest absolute Gasteiger partial charge is 0.488 e. The fourth-order valence-corrected chi connectivity index (χ4v) is 5.56. The molecule has 0 spiro atoms. The van der Waals surface area contributed by atoms with Gasteiger partial charge < -0.3 is 24.3 Å². The summed E-state index contributed by atoms with van der Waals surface area (Å²) in [7, 11) is -2.19. The van der Waals surface area contributed by atoms with E-state index in [0.29, 0.717) is 61.2 Å². The number of amides is 1. The first-order chi connectivity index (χ1) is 18.9. The van der Waals surface area contributed by atoms with Crippen molar-refractivity contribution >= 4 is 32.5 Å². The molecule has 2 aliphatic rings. The van der Waals surface area contributed by atoms with E-state index in [1.807, 2.05) is 0 Å². The molecule has 0 saturated carbocycles. The molecule has 3 heterocycles. The molecule has 1 aromatic heterocycles. The standard InChI is InChI=1S/C26H31N5O7S/c1-35-10-11-37-25-14-23-18(15-27-17-28-23)12-24(25)38-16-21-20-13-19(2-3-22(20)30-26(21)32)39(33,34)29-4-5-31-6-8-36-9-7-31/h2-3,12-15,17,21,29H,4-11,16H2,1H3,(H,30,32). The van der Waals surface area contributed by atoms with Gasteiger partial charge in [-0.3, -0.25) is 9.69 Å². The Morgan fingerprint density at radius 1 is 1.13 bits per heavy atom. The van der Waals surface area contributed by atoms with E-state index in [9.17, 15) is 13.2 Å². The number of ether oxygens (including phenoxy) is 4. The number of methoxy groups -OCH3 is 1. The van der Waals surface area contributed by atoms with Gasteiger partial charge in [-0.2, -0.15) is 0 Å². The van der Waals surface area contributed by atoms with Crippen LogP contribution in [0.25, 0.3) is 10.9 Å². The predicted molar refractivity (Wildman–Crippen MR) is 143 cm³/mol. The number of nitrogens with one attached hydrogen (secondary N) is 2. The molecule has 2 N–H and O–H groups in total. The van der Waals surface area contributed by atoms with Crippen molar-refractivity contribution in [2.75, 3.05) is 71.6 Å². The van der Waals surface area contributed by atoms with Gasteiger partial charge in [0.25, 0.3) is 0 Å². The van der Waals surface area contributed by atoms with Crippen LogP contribution in [0.2, 0.25) is 0 Å². The number of sulfonamides is 1. The van der Waals surface area contributed by atoms with Gasteiger partial charge in [-0.15, -0.1) is 0 Å². The summed E-state index contributed by atoms with van der Waals surface area (Å²) in [6.45, 7) is 4.39. The fraction of sp³-hybridized carbons (Fsp3) is 0.423. The van der Waals surface area contributed by atoms with E-state index in [1.165, 1.54) is 18.5 Å². The number of anilines is 1. The van der Waals surface area contributed by atoms with Crippen LogP contribution in [0.4, 0.5) is 5.69 Å². The van der Waals surface area contributed by atoms with Crippen molar-refractivity contribution in [3.8, 4) is 11.5 Å². The minimum Gasteiger partial charge on any atom is -0.488 e. The SMILES string of the molecule is COCCOc1cc2ncncc2cc1OCC1C(=O)Nc2ccc(S(=O)(=O)NCCN3CCOCC3)cc21. The second-order valence-corrected chi connectivity index (χ2v) is 10.9. The summed E-state index contributed by atoms with van der Waals surface area (Å²) < 4.78 is 51.0. The molecule has 2 aromatic carbocycles. The van der Waals surface area contributed by atoms with E-state index in [1.54, 1.807) is 31.5 Å². The molecule has 0 radical (unpaired) electrons. The number of nitrogens with zero attached hydrogens (tertiary/aromatic N) is 3. The first-order valence-corrected chi connectivity index (χ1v) is 14.2. The Labute approximate surface area is 226 Å². The molecule has 3 aromatic rings. The van der Waals surface area contributed by atoms with Crippen LogP contribution in [0.15, 0.2) is 47.8 Å². The Balaban J connectivity index is 1.30. The highest BCUT2D eigenvalue weighted by molar-refractivity contribution is 7.89. The highest BCUT2D eigenvalue weighted by atomic mass is 32.2. The number of benzene rings is 2. The van der Waals surface area contributed by atoms with Crippen molar-refractivity contribution < 1.29 is 32.2 Å². The number of rotatable bonds is 12. The quantitative estimate of drug-likeness (QED) is 0.314. The molecule has 0 bridgehead atoms. The van der Waals surface area contributed by atoms with Crippen molar-refractivity contribution in [2.24, 2.45) is 0 Å². The van der Waals surface area contributed by atoms with E-state index in [2.05, 4.69) is 24.9 Å². The molecule has 2 aliphatic heterocycles. The summed E-state index contributed by atoms with van der Waals surface area (Å²) in [6, 6.07) is 8.13. The second kappa shape index (κ2) is 12.2. The predicted octanol–water partition coefficient (Wildman–Crippen LogP) is 1.38. The van der Waals surface area contributed by atoms with Gasteiger partial charge in [-0.25, -0.2) is 23.1 Å². The summed E-state index contributed by atoms with van der Waals surface area (Å²) in [4.78, 5) is 23.4. The van der Waals surface area contributed by atoms with Gasteiger partial charge in [0.2, 0.25) is 15.9 Å². The Morgan fingerprint density at radius 3 is 2.77 bits per heavy atom. The lowest BCUT2D eigenvalue weighted by Gasteiger charge is -2.26. The molecule has 0 aliphatic carbocycles. The number of morpholine rings is 1. The summed E-state index contributed by atoms with van der Waals surface area (Å²) in [6.07, 6.45) is 3.11. The van der Waals surface area contributed by atoms with E-state index in [4.69, 9.17) is 18.9 Å². The zero-order valence-electron chi connectivity index (χ0n) is 21.6.